The lowest BCUT2D eigenvalue weighted by Gasteiger charge is -2.23. The lowest BCUT2D eigenvalue weighted by molar-refractivity contribution is -0.143. The van der Waals surface area contributed by atoms with Crippen molar-refractivity contribution in [2.24, 2.45) is 5.41 Å². The van der Waals surface area contributed by atoms with Crippen LogP contribution in [0.2, 0.25) is 0 Å². The van der Waals surface area contributed by atoms with Gasteiger partial charge in [-0.3, -0.25) is 4.79 Å². The summed E-state index contributed by atoms with van der Waals surface area (Å²) in [4.78, 5) is 11.1. The zero-order valence-corrected chi connectivity index (χ0v) is 10.3. The van der Waals surface area contributed by atoms with Crippen LogP contribution in [0.1, 0.15) is 52.9 Å². The molecular weight excluding hydrogens is 188 g/mol. The molecule has 0 aromatic rings. The minimum absolute atomic E-state index is 0.0722. The highest BCUT2D eigenvalue weighted by Gasteiger charge is 2.16. The van der Waals surface area contributed by atoms with Crippen LogP contribution < -0.4 is 0 Å². The van der Waals surface area contributed by atoms with Crippen LogP contribution >= 0.6 is 0 Å². The van der Waals surface area contributed by atoms with Crippen molar-refractivity contribution < 1.29 is 9.53 Å². The van der Waals surface area contributed by atoms with E-state index in [2.05, 4.69) is 20.4 Å². The van der Waals surface area contributed by atoms with E-state index in [0.717, 1.165) is 25.7 Å². The van der Waals surface area contributed by atoms with Gasteiger partial charge in [0, 0.05) is 6.42 Å². The van der Waals surface area contributed by atoms with Crippen LogP contribution in [0.5, 0.6) is 0 Å². The molecule has 0 spiro atoms. The van der Waals surface area contributed by atoms with Crippen molar-refractivity contribution in [3.05, 3.63) is 12.7 Å². The Labute approximate surface area is 93.7 Å². The average molecular weight is 212 g/mol. The molecule has 0 aliphatic carbocycles. The molecule has 0 bridgehead atoms. The Hall–Kier alpha value is -0.790. The van der Waals surface area contributed by atoms with Crippen LogP contribution in [-0.4, -0.2) is 12.6 Å². The molecule has 0 saturated heterocycles. The first-order chi connectivity index (χ1) is 7.02. The van der Waals surface area contributed by atoms with Gasteiger partial charge < -0.3 is 4.74 Å². The number of hydrogen-bond acceptors (Lipinski definition) is 2. The molecular formula is C13H24O2. The van der Waals surface area contributed by atoms with E-state index < -0.39 is 0 Å². The third kappa shape index (κ3) is 8.22. The minimum Gasteiger partial charge on any atom is -0.466 e. The monoisotopic (exact) mass is 212 g/mol. The van der Waals surface area contributed by atoms with Gasteiger partial charge in [-0.1, -0.05) is 19.9 Å². The first kappa shape index (κ1) is 14.2. The quantitative estimate of drug-likeness (QED) is 0.453. The first-order valence-corrected chi connectivity index (χ1v) is 5.78. The van der Waals surface area contributed by atoms with Gasteiger partial charge in [-0.15, -0.1) is 6.58 Å². The highest BCUT2D eigenvalue weighted by molar-refractivity contribution is 5.69. The molecule has 0 unspecified atom stereocenters. The second-order valence-corrected chi connectivity index (χ2v) is 4.65. The number of allylic oxidation sites excluding steroid dienone is 1. The van der Waals surface area contributed by atoms with Gasteiger partial charge in [0.15, 0.2) is 0 Å². The van der Waals surface area contributed by atoms with Crippen LogP contribution in [0, 0.1) is 5.41 Å². The fourth-order valence-corrected chi connectivity index (χ4v) is 1.56. The third-order valence-electron chi connectivity index (χ3n) is 2.57. The summed E-state index contributed by atoms with van der Waals surface area (Å²) >= 11 is 0. The molecule has 0 amide bonds. The molecule has 0 atom stereocenters. The fourth-order valence-electron chi connectivity index (χ4n) is 1.56. The van der Waals surface area contributed by atoms with Gasteiger partial charge in [0.05, 0.1) is 6.61 Å². The standard InChI is InChI=1S/C13H24O2/c1-5-7-10-13(3,4)11-8-9-12(14)15-6-2/h5H,1,6-11H2,2-4H3. The van der Waals surface area contributed by atoms with Gasteiger partial charge in [-0.05, 0) is 38.0 Å². The summed E-state index contributed by atoms with van der Waals surface area (Å²) in [6.45, 7) is 10.5. The summed E-state index contributed by atoms with van der Waals surface area (Å²) in [6.07, 6.45) is 6.67. The Morgan fingerprint density at radius 2 is 2.07 bits per heavy atom. The number of hydrogen-bond donors (Lipinski definition) is 0. The van der Waals surface area contributed by atoms with Gasteiger partial charge in [0.1, 0.15) is 0 Å². The smallest absolute Gasteiger partial charge is 0.305 e. The summed E-state index contributed by atoms with van der Waals surface area (Å²) in [6, 6.07) is 0. The van der Waals surface area contributed by atoms with E-state index in [1.807, 2.05) is 13.0 Å². The minimum atomic E-state index is -0.0722. The lowest BCUT2D eigenvalue weighted by Crippen LogP contribution is -2.12. The number of carbonyl (C=O) groups is 1. The highest BCUT2D eigenvalue weighted by Crippen LogP contribution is 2.28. The Balaban J connectivity index is 3.64. The van der Waals surface area contributed by atoms with Crippen molar-refractivity contribution in [1.82, 2.24) is 0 Å². The molecule has 0 rings (SSSR count). The lowest BCUT2D eigenvalue weighted by atomic mass is 9.83. The first-order valence-electron chi connectivity index (χ1n) is 5.78. The molecule has 0 fully saturated rings. The predicted molar refractivity (Wildman–Crippen MR) is 63.7 cm³/mol. The zero-order chi connectivity index (χ0) is 11.7. The van der Waals surface area contributed by atoms with Crippen LogP contribution in [0.3, 0.4) is 0 Å². The Morgan fingerprint density at radius 1 is 1.40 bits per heavy atom. The fraction of sp³-hybridized carbons (Fsp3) is 0.769. The number of esters is 1. The van der Waals surface area contributed by atoms with E-state index in [4.69, 9.17) is 4.74 Å². The Bertz CT molecular complexity index is 195. The Kier molecular flexibility index (Phi) is 7.10. The molecule has 0 saturated carbocycles. The van der Waals surface area contributed by atoms with Crippen LogP contribution in [0.25, 0.3) is 0 Å². The molecule has 2 heteroatoms. The molecule has 0 aliphatic heterocycles. The van der Waals surface area contributed by atoms with Gasteiger partial charge >= 0.3 is 5.97 Å². The SMILES string of the molecule is C=CCCC(C)(C)CCCC(=O)OCC. The summed E-state index contributed by atoms with van der Waals surface area (Å²) < 4.78 is 4.88. The van der Waals surface area contributed by atoms with Crippen molar-refractivity contribution >= 4 is 5.97 Å². The molecule has 0 aromatic carbocycles. The number of carbonyl (C=O) groups excluding carboxylic acids is 1. The molecule has 0 N–H and O–H groups in total. The van der Waals surface area contributed by atoms with Gasteiger partial charge in [0.2, 0.25) is 0 Å². The van der Waals surface area contributed by atoms with Crippen molar-refractivity contribution in [3.63, 3.8) is 0 Å². The summed E-state index contributed by atoms with van der Waals surface area (Å²) in [5, 5.41) is 0. The highest BCUT2D eigenvalue weighted by atomic mass is 16.5. The van der Waals surface area contributed by atoms with Crippen molar-refractivity contribution in [2.75, 3.05) is 6.61 Å². The normalized spacial score (nSPS) is 11.1. The number of rotatable bonds is 8. The summed E-state index contributed by atoms with van der Waals surface area (Å²) in [7, 11) is 0. The van der Waals surface area contributed by atoms with Crippen molar-refractivity contribution in [3.8, 4) is 0 Å². The maximum Gasteiger partial charge on any atom is 0.305 e. The van der Waals surface area contributed by atoms with E-state index in [-0.39, 0.29) is 5.97 Å². The third-order valence-corrected chi connectivity index (χ3v) is 2.57. The zero-order valence-electron chi connectivity index (χ0n) is 10.3. The van der Waals surface area contributed by atoms with E-state index in [9.17, 15) is 4.79 Å². The van der Waals surface area contributed by atoms with E-state index >= 15 is 0 Å². The van der Waals surface area contributed by atoms with Gasteiger partial charge in [0.25, 0.3) is 0 Å². The van der Waals surface area contributed by atoms with E-state index in [1.165, 1.54) is 0 Å². The predicted octanol–water partition coefficient (Wildman–Crippen LogP) is 3.71. The second kappa shape index (κ2) is 7.49. The molecule has 0 radical (unpaired) electrons. The topological polar surface area (TPSA) is 26.3 Å². The maximum atomic E-state index is 11.1. The maximum absolute atomic E-state index is 11.1. The van der Waals surface area contributed by atoms with Gasteiger partial charge in [-0.25, -0.2) is 0 Å². The van der Waals surface area contributed by atoms with Crippen LogP contribution in [-0.2, 0) is 9.53 Å². The molecule has 2 nitrogen and oxygen atoms in total. The number of ether oxygens (including phenoxy) is 1. The van der Waals surface area contributed by atoms with Crippen molar-refractivity contribution in [2.45, 2.75) is 52.9 Å². The second-order valence-electron chi connectivity index (χ2n) is 4.65. The Morgan fingerprint density at radius 3 is 2.60 bits per heavy atom. The molecule has 15 heavy (non-hydrogen) atoms. The summed E-state index contributed by atoms with van der Waals surface area (Å²) in [5.41, 5.74) is 0.306. The van der Waals surface area contributed by atoms with Crippen LogP contribution in [0.15, 0.2) is 12.7 Å². The summed E-state index contributed by atoms with van der Waals surface area (Å²) in [5.74, 6) is -0.0722. The van der Waals surface area contributed by atoms with E-state index in [1.54, 1.807) is 0 Å². The van der Waals surface area contributed by atoms with Crippen molar-refractivity contribution in [1.29, 1.82) is 0 Å². The molecule has 88 valence electrons. The molecule has 0 aliphatic rings. The van der Waals surface area contributed by atoms with E-state index in [0.29, 0.717) is 18.4 Å². The van der Waals surface area contributed by atoms with Gasteiger partial charge in [-0.2, -0.15) is 0 Å². The van der Waals surface area contributed by atoms with Crippen LogP contribution in [0.4, 0.5) is 0 Å². The largest absolute Gasteiger partial charge is 0.466 e. The molecule has 0 heterocycles. The average Bonchev–Trinajstić information content (AvgIpc) is 2.15. The molecule has 0 aromatic heterocycles.